The molecule has 1 aliphatic carbocycles. The van der Waals surface area contributed by atoms with Crippen LogP contribution in [0.2, 0.25) is 0 Å². The first kappa shape index (κ1) is 12.4. The third kappa shape index (κ3) is 2.87. The average molecular weight is 260 g/mol. The number of nitrogens with zero attached hydrogens (tertiary/aromatic N) is 2. The summed E-state index contributed by atoms with van der Waals surface area (Å²) in [4.78, 5) is 18.0. The number of hydrogen-bond acceptors (Lipinski definition) is 4. The fraction of sp³-hybridized carbons (Fsp3) is 0.571. The van der Waals surface area contributed by atoms with Crippen LogP contribution in [0.3, 0.4) is 0 Å². The van der Waals surface area contributed by atoms with E-state index in [1.54, 1.807) is 6.07 Å². The van der Waals surface area contributed by atoms with E-state index >= 15 is 0 Å². The lowest BCUT2D eigenvalue weighted by molar-refractivity contribution is 0.0995. The Balaban J connectivity index is 1.78. The first-order valence-electron chi connectivity index (χ1n) is 7.01. The van der Waals surface area contributed by atoms with E-state index < -0.39 is 5.91 Å². The molecule has 1 saturated carbocycles. The molecule has 19 heavy (non-hydrogen) atoms. The smallest absolute Gasteiger partial charge is 0.267 e. The number of carbonyl (C=O) groups excluding carboxylic acids is 1. The molecule has 5 heteroatoms. The zero-order valence-electron chi connectivity index (χ0n) is 11.0. The number of amides is 1. The number of carbonyl (C=O) groups is 1. The van der Waals surface area contributed by atoms with Gasteiger partial charge in [-0.1, -0.05) is 6.07 Å². The quantitative estimate of drug-likeness (QED) is 0.825. The van der Waals surface area contributed by atoms with Crippen LogP contribution in [0.4, 0.5) is 5.82 Å². The summed E-state index contributed by atoms with van der Waals surface area (Å²) in [6.07, 6.45) is 4.90. The Labute approximate surface area is 113 Å². The van der Waals surface area contributed by atoms with Crippen molar-refractivity contribution in [3.8, 4) is 0 Å². The Morgan fingerprint density at radius 3 is 2.89 bits per heavy atom. The normalized spacial score (nSPS) is 22.4. The molecule has 1 saturated heterocycles. The lowest BCUT2D eigenvalue weighted by Crippen LogP contribution is -2.39. The maximum Gasteiger partial charge on any atom is 0.267 e. The number of aromatic nitrogens is 1. The third-order valence-corrected chi connectivity index (χ3v) is 3.85. The molecule has 0 bridgehead atoms. The number of rotatable bonds is 5. The summed E-state index contributed by atoms with van der Waals surface area (Å²) in [7, 11) is 0. The number of primary amides is 1. The molecule has 5 nitrogen and oxygen atoms in total. The fourth-order valence-corrected chi connectivity index (χ4v) is 2.69. The van der Waals surface area contributed by atoms with Crippen molar-refractivity contribution in [3.05, 3.63) is 23.9 Å². The fourth-order valence-electron chi connectivity index (χ4n) is 2.69. The van der Waals surface area contributed by atoms with Crippen LogP contribution in [-0.4, -0.2) is 36.1 Å². The lowest BCUT2D eigenvalue weighted by atomic mass is 10.2. The maximum atomic E-state index is 11.2. The van der Waals surface area contributed by atoms with Crippen molar-refractivity contribution in [3.63, 3.8) is 0 Å². The minimum atomic E-state index is -0.461. The van der Waals surface area contributed by atoms with Crippen molar-refractivity contribution in [1.29, 1.82) is 0 Å². The van der Waals surface area contributed by atoms with Gasteiger partial charge in [0.05, 0.1) is 0 Å². The summed E-state index contributed by atoms with van der Waals surface area (Å²) in [5, 5.41) is 3.52. The van der Waals surface area contributed by atoms with Crippen molar-refractivity contribution in [2.45, 2.75) is 37.8 Å². The van der Waals surface area contributed by atoms with Crippen molar-refractivity contribution in [2.24, 2.45) is 5.73 Å². The zero-order chi connectivity index (χ0) is 13.2. The van der Waals surface area contributed by atoms with Crippen LogP contribution in [0.15, 0.2) is 18.2 Å². The van der Waals surface area contributed by atoms with Crippen LogP contribution in [0.1, 0.15) is 36.2 Å². The summed E-state index contributed by atoms with van der Waals surface area (Å²) in [5.74, 6) is 0.420. The first-order chi connectivity index (χ1) is 9.24. The maximum absolute atomic E-state index is 11.2. The van der Waals surface area contributed by atoms with Crippen LogP contribution in [-0.2, 0) is 0 Å². The Kier molecular flexibility index (Phi) is 3.38. The molecule has 102 valence electrons. The Hall–Kier alpha value is -1.62. The monoisotopic (exact) mass is 260 g/mol. The molecule has 3 rings (SSSR count). The molecule has 0 spiro atoms. The summed E-state index contributed by atoms with van der Waals surface area (Å²) in [6, 6.07) is 6.63. The van der Waals surface area contributed by atoms with Crippen LogP contribution in [0, 0.1) is 0 Å². The van der Waals surface area contributed by atoms with Gasteiger partial charge in [-0.05, 0) is 44.4 Å². The van der Waals surface area contributed by atoms with Crippen LogP contribution >= 0.6 is 0 Å². The van der Waals surface area contributed by atoms with Gasteiger partial charge in [0.15, 0.2) is 0 Å². The molecule has 1 amide bonds. The second-order valence-corrected chi connectivity index (χ2v) is 5.42. The predicted octanol–water partition coefficient (Wildman–Crippen LogP) is 0.901. The van der Waals surface area contributed by atoms with E-state index in [0.29, 0.717) is 17.8 Å². The van der Waals surface area contributed by atoms with Crippen LogP contribution < -0.4 is 16.0 Å². The van der Waals surface area contributed by atoms with Gasteiger partial charge in [0.1, 0.15) is 11.5 Å². The van der Waals surface area contributed by atoms with E-state index in [-0.39, 0.29) is 0 Å². The third-order valence-electron chi connectivity index (χ3n) is 3.85. The van der Waals surface area contributed by atoms with E-state index in [1.807, 2.05) is 12.1 Å². The molecule has 2 heterocycles. The van der Waals surface area contributed by atoms with Crippen LogP contribution in [0.25, 0.3) is 0 Å². The molecular weight excluding hydrogens is 240 g/mol. The summed E-state index contributed by atoms with van der Waals surface area (Å²) < 4.78 is 0. The highest BCUT2D eigenvalue weighted by Gasteiger charge is 2.32. The first-order valence-corrected chi connectivity index (χ1v) is 7.01. The van der Waals surface area contributed by atoms with Crippen molar-refractivity contribution >= 4 is 11.7 Å². The van der Waals surface area contributed by atoms with Gasteiger partial charge < -0.3 is 16.0 Å². The molecule has 2 aliphatic rings. The summed E-state index contributed by atoms with van der Waals surface area (Å²) >= 11 is 0. The number of anilines is 1. The highest BCUT2D eigenvalue weighted by molar-refractivity contribution is 5.91. The highest BCUT2D eigenvalue weighted by Crippen LogP contribution is 2.31. The van der Waals surface area contributed by atoms with Crippen molar-refractivity contribution < 1.29 is 4.79 Å². The number of nitrogens with one attached hydrogen (secondary N) is 1. The minimum Gasteiger partial charge on any atom is -0.364 e. The molecule has 0 radical (unpaired) electrons. The van der Waals surface area contributed by atoms with Gasteiger partial charge in [-0.25, -0.2) is 4.98 Å². The highest BCUT2D eigenvalue weighted by atomic mass is 16.1. The molecule has 1 aromatic rings. The second-order valence-electron chi connectivity index (χ2n) is 5.42. The molecule has 1 unspecified atom stereocenters. The van der Waals surface area contributed by atoms with Crippen LogP contribution in [0.5, 0.6) is 0 Å². The van der Waals surface area contributed by atoms with Gasteiger partial charge in [0, 0.05) is 18.6 Å². The van der Waals surface area contributed by atoms with E-state index in [4.69, 9.17) is 5.73 Å². The standard InChI is InChI=1S/C14H20N4O/c15-14(19)12-4-1-5-13(17-12)18(11-6-7-11)9-10-3-2-8-16-10/h1,4-5,10-11,16H,2-3,6-9H2,(H2,15,19). The largest absolute Gasteiger partial charge is 0.364 e. The second kappa shape index (κ2) is 5.17. The Morgan fingerprint density at radius 2 is 2.26 bits per heavy atom. The van der Waals surface area contributed by atoms with Crippen molar-refractivity contribution in [1.82, 2.24) is 10.3 Å². The van der Waals surface area contributed by atoms with Gasteiger partial charge >= 0.3 is 0 Å². The molecule has 0 aromatic carbocycles. The lowest BCUT2D eigenvalue weighted by Gasteiger charge is -2.27. The Bertz CT molecular complexity index is 466. The van der Waals surface area contributed by atoms with Gasteiger partial charge in [-0.2, -0.15) is 0 Å². The summed E-state index contributed by atoms with van der Waals surface area (Å²) in [6.45, 7) is 2.08. The van der Waals surface area contributed by atoms with E-state index in [2.05, 4.69) is 15.2 Å². The summed E-state index contributed by atoms with van der Waals surface area (Å²) in [5.41, 5.74) is 5.66. The van der Waals surface area contributed by atoms with E-state index in [0.717, 1.165) is 18.9 Å². The number of hydrogen-bond donors (Lipinski definition) is 2. The van der Waals surface area contributed by atoms with Crippen molar-refractivity contribution in [2.75, 3.05) is 18.0 Å². The van der Waals surface area contributed by atoms with E-state index in [9.17, 15) is 4.79 Å². The number of nitrogens with two attached hydrogens (primary N) is 1. The molecule has 1 aliphatic heterocycles. The van der Waals surface area contributed by atoms with Gasteiger partial charge in [0.2, 0.25) is 0 Å². The molecular formula is C14H20N4O. The van der Waals surface area contributed by atoms with Gasteiger partial charge in [-0.15, -0.1) is 0 Å². The Morgan fingerprint density at radius 1 is 1.42 bits per heavy atom. The average Bonchev–Trinajstić information content (AvgIpc) is 3.13. The van der Waals surface area contributed by atoms with Gasteiger partial charge in [0.25, 0.3) is 5.91 Å². The topological polar surface area (TPSA) is 71.2 Å². The number of pyridine rings is 1. The van der Waals surface area contributed by atoms with E-state index in [1.165, 1.54) is 25.7 Å². The zero-order valence-corrected chi connectivity index (χ0v) is 11.0. The SMILES string of the molecule is NC(=O)c1cccc(N(CC2CCCN2)C2CC2)n1. The molecule has 1 aromatic heterocycles. The molecule has 2 fully saturated rings. The minimum absolute atomic E-state index is 0.350. The molecule has 3 N–H and O–H groups in total. The predicted molar refractivity (Wildman–Crippen MR) is 74.1 cm³/mol. The van der Waals surface area contributed by atoms with Gasteiger partial charge in [-0.3, -0.25) is 4.79 Å². The molecule has 1 atom stereocenters.